The number of hydrogen-bond acceptors (Lipinski definition) is 4. The normalized spacial score (nSPS) is 11.5. The van der Waals surface area contributed by atoms with Crippen LogP contribution in [0.1, 0.15) is 0 Å². The number of thiophene rings is 1. The van der Waals surface area contributed by atoms with Crippen LogP contribution in [-0.2, 0) is 0 Å². The van der Waals surface area contributed by atoms with Crippen molar-refractivity contribution in [2.24, 2.45) is 0 Å². The van der Waals surface area contributed by atoms with Crippen LogP contribution in [0.15, 0.2) is 176 Å². The lowest BCUT2D eigenvalue weighted by molar-refractivity contribution is 1.08. The summed E-state index contributed by atoms with van der Waals surface area (Å²) in [6, 6.07) is 62.2. The van der Waals surface area contributed by atoms with E-state index in [0.717, 1.165) is 33.4 Å². The SMILES string of the molecule is c1ccc(-c2nc(-c3ccc(-c4cccc5ccccc45)cc3)nc(-c3cccc4c3sc3ccccc34)n2)c(-c2ccc3ccccc3c2)c1. The molecule has 3 nitrogen and oxygen atoms in total. The zero-order valence-electron chi connectivity index (χ0n) is 27.5. The summed E-state index contributed by atoms with van der Waals surface area (Å²) in [7, 11) is 0. The molecule has 0 saturated carbocycles. The summed E-state index contributed by atoms with van der Waals surface area (Å²) in [5.74, 6) is 1.96. The van der Waals surface area contributed by atoms with Crippen LogP contribution in [0, 0.1) is 0 Å². The molecule has 0 saturated heterocycles. The molecule has 0 atom stereocenters. The lowest BCUT2D eigenvalue weighted by Crippen LogP contribution is -2.01. The summed E-state index contributed by atoms with van der Waals surface area (Å²) < 4.78 is 2.43. The van der Waals surface area contributed by atoms with Crippen molar-refractivity contribution in [2.45, 2.75) is 0 Å². The second-order valence-corrected chi connectivity index (χ2v) is 13.9. The number of rotatable bonds is 5. The first-order chi connectivity index (χ1) is 25.3. The van der Waals surface area contributed by atoms with Crippen LogP contribution in [0.2, 0.25) is 0 Å². The molecule has 0 fully saturated rings. The van der Waals surface area contributed by atoms with Crippen molar-refractivity contribution in [1.82, 2.24) is 15.0 Å². The molecule has 0 aliphatic rings. The van der Waals surface area contributed by atoms with Gasteiger partial charge in [-0.15, -0.1) is 11.3 Å². The summed E-state index contributed by atoms with van der Waals surface area (Å²) >= 11 is 1.79. The highest BCUT2D eigenvalue weighted by Crippen LogP contribution is 2.40. The van der Waals surface area contributed by atoms with Crippen molar-refractivity contribution in [3.05, 3.63) is 176 Å². The molecule has 10 aromatic rings. The highest BCUT2D eigenvalue weighted by Gasteiger charge is 2.19. The third-order valence-electron chi connectivity index (χ3n) is 9.75. The Morgan fingerprint density at radius 2 is 0.863 bits per heavy atom. The second kappa shape index (κ2) is 12.1. The van der Waals surface area contributed by atoms with E-state index in [4.69, 9.17) is 15.0 Å². The summed E-state index contributed by atoms with van der Waals surface area (Å²) in [6.07, 6.45) is 0. The van der Waals surface area contributed by atoms with Gasteiger partial charge < -0.3 is 0 Å². The summed E-state index contributed by atoms with van der Waals surface area (Å²) in [6.45, 7) is 0. The number of benzene rings is 8. The van der Waals surface area contributed by atoms with E-state index in [9.17, 15) is 0 Å². The third-order valence-corrected chi connectivity index (χ3v) is 11.0. The lowest BCUT2D eigenvalue weighted by Gasteiger charge is -2.13. The minimum atomic E-state index is 0.644. The number of aromatic nitrogens is 3. The predicted molar refractivity (Wildman–Crippen MR) is 215 cm³/mol. The molecule has 0 spiro atoms. The fraction of sp³-hybridized carbons (Fsp3) is 0. The number of nitrogens with zero attached hydrogens (tertiary/aromatic N) is 3. The van der Waals surface area contributed by atoms with Crippen LogP contribution in [0.25, 0.3) is 98.1 Å². The topological polar surface area (TPSA) is 38.7 Å². The second-order valence-electron chi connectivity index (χ2n) is 12.8. The Morgan fingerprint density at radius 1 is 0.314 bits per heavy atom. The van der Waals surface area contributed by atoms with Gasteiger partial charge in [0.1, 0.15) is 0 Å². The first kappa shape index (κ1) is 29.4. The van der Waals surface area contributed by atoms with Crippen molar-refractivity contribution in [3.8, 4) is 56.4 Å². The lowest BCUT2D eigenvalue weighted by atomic mass is 9.96. The van der Waals surface area contributed by atoms with Gasteiger partial charge in [0.25, 0.3) is 0 Å². The maximum Gasteiger partial charge on any atom is 0.165 e. The highest BCUT2D eigenvalue weighted by molar-refractivity contribution is 7.26. The summed E-state index contributed by atoms with van der Waals surface area (Å²) in [5, 5.41) is 7.34. The van der Waals surface area contributed by atoms with Gasteiger partial charge in [-0.3, -0.25) is 0 Å². The molecule has 8 aromatic carbocycles. The molecule has 0 radical (unpaired) electrons. The monoisotopic (exact) mass is 667 g/mol. The maximum absolute atomic E-state index is 5.25. The fourth-order valence-electron chi connectivity index (χ4n) is 7.23. The molecule has 0 aliphatic heterocycles. The van der Waals surface area contributed by atoms with Crippen molar-refractivity contribution < 1.29 is 0 Å². The maximum atomic E-state index is 5.25. The van der Waals surface area contributed by atoms with Crippen molar-refractivity contribution in [2.75, 3.05) is 0 Å². The fourth-order valence-corrected chi connectivity index (χ4v) is 8.44. The highest BCUT2D eigenvalue weighted by atomic mass is 32.1. The van der Waals surface area contributed by atoms with E-state index in [-0.39, 0.29) is 0 Å². The zero-order valence-corrected chi connectivity index (χ0v) is 28.3. The number of fused-ring (bicyclic) bond motifs is 5. The van der Waals surface area contributed by atoms with Gasteiger partial charge in [-0.1, -0.05) is 158 Å². The largest absolute Gasteiger partial charge is 0.208 e. The molecule has 0 amide bonds. The molecule has 0 aliphatic carbocycles. The van der Waals surface area contributed by atoms with Crippen LogP contribution in [-0.4, -0.2) is 15.0 Å². The minimum Gasteiger partial charge on any atom is -0.208 e. The Morgan fingerprint density at radius 3 is 1.73 bits per heavy atom. The molecule has 0 bridgehead atoms. The Bertz CT molecular complexity index is 2920. The summed E-state index contributed by atoms with van der Waals surface area (Å²) in [5.41, 5.74) is 7.48. The molecule has 2 aromatic heterocycles. The van der Waals surface area contributed by atoms with E-state index < -0.39 is 0 Å². The van der Waals surface area contributed by atoms with Gasteiger partial charge in [-0.2, -0.15) is 0 Å². The van der Waals surface area contributed by atoms with Crippen molar-refractivity contribution in [3.63, 3.8) is 0 Å². The molecule has 238 valence electrons. The standard InChI is InChI=1S/C47H29N3S/c1-2-13-34-29-35(28-23-30(34)11-1)38-16-5-6-18-41(38)46-48-45(33-26-24-32(25-27-33)37-19-9-14-31-12-3-4-15-36(31)37)49-47(50-46)42-21-10-20-40-39-17-7-8-22-43(39)51-44(40)42/h1-29H. The van der Waals surface area contributed by atoms with Crippen LogP contribution < -0.4 is 0 Å². The van der Waals surface area contributed by atoms with Crippen LogP contribution in [0.3, 0.4) is 0 Å². The van der Waals surface area contributed by atoms with E-state index in [1.165, 1.54) is 47.3 Å². The van der Waals surface area contributed by atoms with Crippen LogP contribution in [0.5, 0.6) is 0 Å². The average molecular weight is 668 g/mol. The Labute approximate surface area is 299 Å². The van der Waals surface area contributed by atoms with Gasteiger partial charge in [0.2, 0.25) is 0 Å². The van der Waals surface area contributed by atoms with Crippen LogP contribution >= 0.6 is 11.3 Å². The summed E-state index contributed by atoms with van der Waals surface area (Å²) in [4.78, 5) is 15.7. The van der Waals surface area contributed by atoms with Gasteiger partial charge in [-0.05, 0) is 62.0 Å². The smallest absolute Gasteiger partial charge is 0.165 e. The Kier molecular flexibility index (Phi) is 7.00. The van der Waals surface area contributed by atoms with E-state index in [2.05, 4.69) is 176 Å². The molecular formula is C47H29N3S. The minimum absolute atomic E-state index is 0.644. The quantitative estimate of drug-likeness (QED) is 0.183. The van der Waals surface area contributed by atoms with E-state index in [1.807, 2.05) is 0 Å². The Balaban J connectivity index is 1.16. The van der Waals surface area contributed by atoms with E-state index in [1.54, 1.807) is 11.3 Å². The Hall–Kier alpha value is -6.49. The molecule has 0 N–H and O–H groups in total. The van der Waals surface area contributed by atoms with Crippen molar-refractivity contribution >= 4 is 53.1 Å². The number of hydrogen-bond donors (Lipinski definition) is 0. The molecule has 0 unspecified atom stereocenters. The van der Waals surface area contributed by atoms with Gasteiger partial charge >= 0.3 is 0 Å². The zero-order chi connectivity index (χ0) is 33.7. The van der Waals surface area contributed by atoms with E-state index in [0.29, 0.717) is 17.5 Å². The predicted octanol–water partition coefficient (Wildman–Crippen LogP) is 12.9. The molecular weight excluding hydrogens is 639 g/mol. The van der Waals surface area contributed by atoms with E-state index >= 15 is 0 Å². The van der Waals surface area contributed by atoms with Gasteiger partial charge in [0, 0.05) is 36.9 Å². The van der Waals surface area contributed by atoms with Crippen molar-refractivity contribution in [1.29, 1.82) is 0 Å². The van der Waals surface area contributed by atoms with Crippen LogP contribution in [0.4, 0.5) is 0 Å². The molecule has 4 heteroatoms. The van der Waals surface area contributed by atoms with Gasteiger partial charge in [0.05, 0.1) is 0 Å². The third kappa shape index (κ3) is 5.16. The molecule has 51 heavy (non-hydrogen) atoms. The first-order valence-electron chi connectivity index (χ1n) is 17.1. The molecule has 2 heterocycles. The van der Waals surface area contributed by atoms with Gasteiger partial charge in [0.15, 0.2) is 17.5 Å². The van der Waals surface area contributed by atoms with Gasteiger partial charge in [-0.25, -0.2) is 15.0 Å². The first-order valence-corrected chi connectivity index (χ1v) is 17.9. The average Bonchev–Trinajstić information content (AvgIpc) is 3.59. The molecule has 10 rings (SSSR count).